The molecule has 6 heteroatoms. The molecular weight excluding hydrogens is 402 g/mol. The Hall–Kier alpha value is -3.90. The molecule has 5 rings (SSSR count). The van der Waals surface area contributed by atoms with Gasteiger partial charge in [0.1, 0.15) is 0 Å². The number of hydrogen-bond acceptors (Lipinski definition) is 4. The van der Waals surface area contributed by atoms with E-state index in [1.807, 2.05) is 42.6 Å². The highest BCUT2D eigenvalue weighted by Crippen LogP contribution is 2.43. The van der Waals surface area contributed by atoms with E-state index >= 15 is 0 Å². The maximum absolute atomic E-state index is 13.4. The summed E-state index contributed by atoms with van der Waals surface area (Å²) in [6.07, 6.45) is 2.23. The summed E-state index contributed by atoms with van der Waals surface area (Å²) in [5.74, 6) is -0.808. The first-order valence-electron chi connectivity index (χ1n) is 10.5. The summed E-state index contributed by atoms with van der Waals surface area (Å²) >= 11 is 0. The number of aromatic amines is 1. The lowest BCUT2D eigenvalue weighted by Crippen LogP contribution is -2.42. The molecule has 32 heavy (non-hydrogen) atoms. The first-order valence-corrected chi connectivity index (χ1v) is 10.5. The highest BCUT2D eigenvalue weighted by Gasteiger charge is 2.50. The summed E-state index contributed by atoms with van der Waals surface area (Å²) in [7, 11) is 0. The molecule has 160 valence electrons. The van der Waals surface area contributed by atoms with E-state index in [1.54, 1.807) is 41.3 Å². The van der Waals surface area contributed by atoms with Crippen molar-refractivity contribution in [2.24, 2.45) is 0 Å². The fourth-order valence-corrected chi connectivity index (χ4v) is 4.52. The summed E-state index contributed by atoms with van der Waals surface area (Å²) < 4.78 is 0. The van der Waals surface area contributed by atoms with Crippen LogP contribution in [0.25, 0.3) is 10.9 Å². The number of aliphatic hydroxyl groups is 1. The topological polar surface area (TPSA) is 99.4 Å². The Morgan fingerprint density at radius 1 is 1.03 bits per heavy atom. The van der Waals surface area contributed by atoms with Crippen molar-refractivity contribution in [2.75, 3.05) is 17.2 Å². The molecule has 1 unspecified atom stereocenters. The molecule has 6 nitrogen and oxygen atoms in total. The van der Waals surface area contributed by atoms with Gasteiger partial charge in [-0.25, -0.2) is 0 Å². The number of benzene rings is 3. The van der Waals surface area contributed by atoms with Crippen LogP contribution in [0.15, 0.2) is 79.0 Å². The van der Waals surface area contributed by atoms with Gasteiger partial charge in [-0.1, -0.05) is 48.5 Å². The molecule has 1 aliphatic rings. The number of nitrogens with two attached hydrogens (primary N) is 1. The molecule has 1 aromatic heterocycles. The minimum absolute atomic E-state index is 0.332. The SMILES string of the molecule is Nc1cccc(C(=O)CC2(O)C(=O)N(CCc3c[nH]c4ccccc34)c3ccccc32)c1. The molecule has 0 fully saturated rings. The van der Waals surface area contributed by atoms with Crippen LogP contribution < -0.4 is 10.6 Å². The average Bonchev–Trinajstić information content (AvgIpc) is 3.30. The van der Waals surface area contributed by atoms with E-state index in [-0.39, 0.29) is 12.2 Å². The highest BCUT2D eigenvalue weighted by atomic mass is 16.3. The van der Waals surface area contributed by atoms with Crippen molar-refractivity contribution in [3.8, 4) is 0 Å². The number of aromatic nitrogens is 1. The van der Waals surface area contributed by atoms with E-state index in [1.165, 1.54) is 0 Å². The van der Waals surface area contributed by atoms with Gasteiger partial charge >= 0.3 is 0 Å². The predicted octanol–water partition coefficient (Wildman–Crippen LogP) is 3.80. The Bertz CT molecular complexity index is 1340. The minimum atomic E-state index is -1.90. The number of H-pyrrole nitrogens is 1. The van der Waals surface area contributed by atoms with Crippen molar-refractivity contribution in [3.05, 3.63) is 95.7 Å². The number of carbonyl (C=O) groups is 2. The third-order valence-electron chi connectivity index (χ3n) is 6.14. The lowest BCUT2D eigenvalue weighted by molar-refractivity contribution is -0.135. The second-order valence-electron chi connectivity index (χ2n) is 8.17. The van der Waals surface area contributed by atoms with Crippen LogP contribution >= 0.6 is 0 Å². The van der Waals surface area contributed by atoms with Crippen molar-refractivity contribution >= 4 is 34.0 Å². The van der Waals surface area contributed by atoms with Crippen molar-refractivity contribution in [3.63, 3.8) is 0 Å². The molecule has 0 spiro atoms. The van der Waals surface area contributed by atoms with Gasteiger partial charge in [-0.2, -0.15) is 0 Å². The van der Waals surface area contributed by atoms with Crippen LogP contribution in [0.1, 0.15) is 27.9 Å². The van der Waals surface area contributed by atoms with Crippen LogP contribution in [0, 0.1) is 0 Å². The van der Waals surface area contributed by atoms with Gasteiger partial charge in [0.2, 0.25) is 0 Å². The number of anilines is 2. The molecule has 0 bridgehead atoms. The number of ketones is 1. The lowest BCUT2D eigenvalue weighted by atomic mass is 9.88. The van der Waals surface area contributed by atoms with Crippen molar-refractivity contribution in [2.45, 2.75) is 18.4 Å². The van der Waals surface area contributed by atoms with Gasteiger partial charge in [0, 0.05) is 40.5 Å². The van der Waals surface area contributed by atoms with Gasteiger partial charge < -0.3 is 20.7 Å². The Morgan fingerprint density at radius 2 is 1.81 bits per heavy atom. The van der Waals surface area contributed by atoms with Gasteiger partial charge in [0.15, 0.2) is 11.4 Å². The van der Waals surface area contributed by atoms with Crippen LogP contribution in [0.2, 0.25) is 0 Å². The van der Waals surface area contributed by atoms with E-state index in [4.69, 9.17) is 5.73 Å². The lowest BCUT2D eigenvalue weighted by Gasteiger charge is -2.23. The molecule has 0 aliphatic carbocycles. The number of nitrogen functional groups attached to an aromatic ring is 1. The molecule has 0 saturated heterocycles. The smallest absolute Gasteiger partial charge is 0.264 e. The van der Waals surface area contributed by atoms with E-state index in [0.717, 1.165) is 16.5 Å². The number of hydrogen-bond donors (Lipinski definition) is 3. The summed E-state index contributed by atoms with van der Waals surface area (Å²) in [5, 5.41) is 12.6. The largest absolute Gasteiger partial charge is 0.399 e. The van der Waals surface area contributed by atoms with Gasteiger partial charge in [-0.3, -0.25) is 9.59 Å². The minimum Gasteiger partial charge on any atom is -0.399 e. The standard InChI is InChI=1S/C26H23N3O3/c27-19-7-5-6-17(14-19)24(30)15-26(32)21-9-2-4-11-23(21)29(25(26)31)13-12-18-16-28-22-10-3-1-8-20(18)22/h1-11,14,16,28,32H,12-13,15,27H2. The van der Waals surface area contributed by atoms with E-state index in [0.29, 0.717) is 35.5 Å². The molecule has 1 amide bonds. The zero-order valence-corrected chi connectivity index (χ0v) is 17.4. The van der Waals surface area contributed by atoms with Gasteiger partial charge in [-0.15, -0.1) is 0 Å². The van der Waals surface area contributed by atoms with Crippen LogP contribution in [0.4, 0.5) is 11.4 Å². The molecule has 2 heterocycles. The Morgan fingerprint density at radius 3 is 2.66 bits per heavy atom. The first-order chi connectivity index (χ1) is 15.5. The van der Waals surface area contributed by atoms with Gasteiger partial charge in [0.25, 0.3) is 5.91 Å². The maximum Gasteiger partial charge on any atom is 0.264 e. The monoisotopic (exact) mass is 425 g/mol. The van der Waals surface area contributed by atoms with Crippen LogP contribution in [-0.2, 0) is 16.8 Å². The molecule has 1 aliphatic heterocycles. The second-order valence-corrected chi connectivity index (χ2v) is 8.17. The summed E-state index contributed by atoms with van der Waals surface area (Å²) in [5.41, 5.74) is 7.96. The number of amides is 1. The van der Waals surface area contributed by atoms with Crippen molar-refractivity contribution < 1.29 is 14.7 Å². The summed E-state index contributed by atoms with van der Waals surface area (Å²) in [6, 6.07) is 21.7. The molecule has 4 aromatic rings. The molecular formula is C26H23N3O3. The molecule has 4 N–H and O–H groups in total. The average molecular weight is 425 g/mol. The van der Waals surface area contributed by atoms with Crippen LogP contribution in [-0.4, -0.2) is 28.3 Å². The number of rotatable bonds is 6. The first kappa shape index (κ1) is 20.0. The second kappa shape index (κ2) is 7.66. The van der Waals surface area contributed by atoms with Crippen molar-refractivity contribution in [1.29, 1.82) is 0 Å². The van der Waals surface area contributed by atoms with Gasteiger partial charge in [-0.05, 0) is 36.2 Å². The Labute approximate surface area is 185 Å². The number of Topliss-reactive ketones (excluding diaryl/α,β-unsaturated/α-hetero) is 1. The number of para-hydroxylation sites is 2. The maximum atomic E-state index is 13.4. The number of carbonyl (C=O) groups excluding carboxylic acids is 2. The zero-order valence-electron chi connectivity index (χ0n) is 17.4. The third-order valence-corrected chi connectivity index (χ3v) is 6.14. The molecule has 0 radical (unpaired) electrons. The Kier molecular flexibility index (Phi) is 4.79. The fraction of sp³-hybridized carbons (Fsp3) is 0.154. The van der Waals surface area contributed by atoms with Crippen LogP contribution in [0.3, 0.4) is 0 Å². The fourth-order valence-electron chi connectivity index (χ4n) is 4.52. The third kappa shape index (κ3) is 3.25. The predicted molar refractivity (Wildman–Crippen MR) is 124 cm³/mol. The number of nitrogens with one attached hydrogen (secondary N) is 1. The normalized spacial score (nSPS) is 17.7. The van der Waals surface area contributed by atoms with Crippen LogP contribution in [0.5, 0.6) is 0 Å². The van der Waals surface area contributed by atoms with E-state index in [9.17, 15) is 14.7 Å². The van der Waals surface area contributed by atoms with Gasteiger partial charge in [0.05, 0.1) is 12.1 Å². The molecule has 3 aromatic carbocycles. The Balaban J connectivity index is 1.43. The molecule has 1 atom stereocenters. The zero-order chi connectivity index (χ0) is 22.3. The molecule has 0 saturated carbocycles. The summed E-state index contributed by atoms with van der Waals surface area (Å²) in [6.45, 7) is 0.395. The summed E-state index contributed by atoms with van der Waals surface area (Å²) in [4.78, 5) is 31.2. The number of nitrogens with zero attached hydrogens (tertiary/aromatic N) is 1. The van der Waals surface area contributed by atoms with Crippen molar-refractivity contribution in [1.82, 2.24) is 4.98 Å². The quantitative estimate of drug-likeness (QED) is 0.323. The van der Waals surface area contributed by atoms with E-state index in [2.05, 4.69) is 4.98 Å². The highest BCUT2D eigenvalue weighted by molar-refractivity contribution is 6.11. The number of fused-ring (bicyclic) bond motifs is 2. The van der Waals surface area contributed by atoms with E-state index < -0.39 is 11.5 Å².